The van der Waals surface area contributed by atoms with Crippen molar-refractivity contribution in [2.75, 3.05) is 6.61 Å². The topological polar surface area (TPSA) is 95.3 Å². The van der Waals surface area contributed by atoms with E-state index in [1.807, 2.05) is 23.8 Å². The van der Waals surface area contributed by atoms with Gasteiger partial charge in [0.15, 0.2) is 26.3 Å². The molecule has 1 saturated carbocycles. The van der Waals surface area contributed by atoms with E-state index in [1.165, 1.54) is 23.5 Å². The molecule has 1 fully saturated rings. The van der Waals surface area contributed by atoms with E-state index in [4.69, 9.17) is 4.74 Å². The lowest BCUT2D eigenvalue weighted by Crippen LogP contribution is -2.45. The number of sulfone groups is 1. The number of nitrogens with zero attached hydrogens (tertiary/aromatic N) is 2. The summed E-state index contributed by atoms with van der Waals surface area (Å²) in [6.07, 6.45) is 3.30. The molecule has 4 rings (SSSR count). The molecule has 0 atom stereocenters. The molecule has 0 spiro atoms. The van der Waals surface area contributed by atoms with Gasteiger partial charge in [-0.25, -0.2) is 13.4 Å². The Labute approximate surface area is 191 Å². The van der Waals surface area contributed by atoms with E-state index in [0.29, 0.717) is 24.1 Å². The van der Waals surface area contributed by atoms with Crippen LogP contribution in [0.4, 0.5) is 0 Å². The number of aromatic nitrogens is 2. The zero-order valence-electron chi connectivity index (χ0n) is 17.9. The molecule has 0 radical (unpaired) electrons. The number of aryl methyl sites for hydroxylation is 1. The third-order valence-corrected chi connectivity index (χ3v) is 9.28. The first-order valence-corrected chi connectivity index (χ1v) is 12.7. The van der Waals surface area contributed by atoms with Crippen LogP contribution in [0.15, 0.2) is 52.9 Å². The molecule has 9 heteroatoms. The minimum absolute atomic E-state index is 0.0946. The first kappa shape index (κ1) is 22.4. The molecule has 168 valence electrons. The predicted octanol–water partition coefficient (Wildman–Crippen LogP) is 4.06. The van der Waals surface area contributed by atoms with Crippen LogP contribution in [0.25, 0.3) is 5.13 Å². The zero-order chi connectivity index (χ0) is 22.9. The van der Waals surface area contributed by atoms with Crippen molar-refractivity contribution in [1.29, 1.82) is 0 Å². The lowest BCUT2D eigenvalue weighted by atomic mass is 10.1. The quantitative estimate of drug-likeness (QED) is 0.380. The van der Waals surface area contributed by atoms with Gasteiger partial charge in [-0.15, -0.1) is 11.3 Å². The number of ether oxygens (including phenoxy) is 1. The average molecular weight is 473 g/mol. The van der Waals surface area contributed by atoms with Crippen LogP contribution in [0.3, 0.4) is 0 Å². The molecule has 1 aliphatic carbocycles. The van der Waals surface area contributed by atoms with Crippen LogP contribution in [-0.2, 0) is 19.4 Å². The predicted molar refractivity (Wildman–Crippen MR) is 121 cm³/mol. The van der Waals surface area contributed by atoms with Gasteiger partial charge in [0.1, 0.15) is 0 Å². The minimum atomic E-state index is -3.95. The Morgan fingerprint density at radius 2 is 1.84 bits per heavy atom. The van der Waals surface area contributed by atoms with Gasteiger partial charge in [-0.2, -0.15) is 0 Å². The highest BCUT2D eigenvalue weighted by atomic mass is 32.2. The number of thiazole rings is 1. The van der Waals surface area contributed by atoms with Crippen LogP contribution in [0.2, 0.25) is 0 Å². The molecular weight excluding hydrogens is 448 g/mol. The fourth-order valence-electron chi connectivity index (χ4n) is 4.36. The number of carbonyl (C=O) groups excluding carboxylic acids is 2. The van der Waals surface area contributed by atoms with Gasteiger partial charge in [-0.1, -0.05) is 31.0 Å². The van der Waals surface area contributed by atoms with Crippen molar-refractivity contribution >= 4 is 32.9 Å². The van der Waals surface area contributed by atoms with Crippen LogP contribution in [0.1, 0.15) is 47.4 Å². The van der Waals surface area contributed by atoms with E-state index < -0.39 is 27.2 Å². The molecule has 2 heterocycles. The molecule has 7 nitrogen and oxygen atoms in total. The van der Waals surface area contributed by atoms with Gasteiger partial charge in [0, 0.05) is 28.5 Å². The largest absolute Gasteiger partial charge is 0.456 e. The molecule has 2 aromatic heterocycles. The summed E-state index contributed by atoms with van der Waals surface area (Å²) in [5.41, 5.74) is 1.97. The standard InChI is InChI=1S/C23H24N2O5S2/c1-16-14-19(17(2)25(16)22-24-12-13-31-22)20(26)15-30-21(27)23(10-6-7-11-23)32(28,29)18-8-4-3-5-9-18/h3-5,8-9,12-14H,6-7,10-11,15H2,1-2H3. The van der Waals surface area contributed by atoms with Gasteiger partial charge in [-0.05, 0) is 44.9 Å². The number of Topliss-reactive ketones (excluding diaryl/α,β-unsaturated/α-hetero) is 1. The van der Waals surface area contributed by atoms with Crippen molar-refractivity contribution in [3.63, 3.8) is 0 Å². The van der Waals surface area contributed by atoms with Gasteiger partial charge in [0.2, 0.25) is 5.78 Å². The number of rotatable bonds is 7. The third-order valence-electron chi connectivity index (χ3n) is 6.03. The summed E-state index contributed by atoms with van der Waals surface area (Å²) in [5.74, 6) is -1.22. The van der Waals surface area contributed by atoms with Gasteiger partial charge >= 0.3 is 5.97 Å². The Morgan fingerprint density at radius 1 is 1.16 bits per heavy atom. The fraction of sp³-hybridized carbons (Fsp3) is 0.348. The van der Waals surface area contributed by atoms with Crippen LogP contribution < -0.4 is 0 Å². The van der Waals surface area contributed by atoms with E-state index in [1.54, 1.807) is 30.5 Å². The smallest absolute Gasteiger partial charge is 0.328 e. The third kappa shape index (κ3) is 3.69. The highest BCUT2D eigenvalue weighted by Crippen LogP contribution is 2.41. The number of hydrogen-bond donors (Lipinski definition) is 0. The van der Waals surface area contributed by atoms with Crippen LogP contribution >= 0.6 is 11.3 Å². The SMILES string of the molecule is Cc1cc(C(=O)COC(=O)C2(S(=O)(=O)c3ccccc3)CCCC2)c(C)n1-c1nccs1. The Bertz CT molecular complexity index is 1240. The number of carbonyl (C=O) groups is 2. The summed E-state index contributed by atoms with van der Waals surface area (Å²) in [4.78, 5) is 30.4. The lowest BCUT2D eigenvalue weighted by molar-refractivity contribution is -0.145. The second kappa shape index (κ2) is 8.63. The van der Waals surface area contributed by atoms with Crippen molar-refractivity contribution in [2.45, 2.75) is 49.2 Å². The Balaban J connectivity index is 1.55. The van der Waals surface area contributed by atoms with Gasteiger partial charge < -0.3 is 4.74 Å². The van der Waals surface area contributed by atoms with Crippen molar-refractivity contribution in [2.24, 2.45) is 0 Å². The van der Waals surface area contributed by atoms with E-state index in [2.05, 4.69) is 4.98 Å². The molecule has 0 saturated heterocycles. The van der Waals surface area contributed by atoms with Crippen LogP contribution in [-0.4, -0.2) is 41.1 Å². The summed E-state index contributed by atoms with van der Waals surface area (Å²) in [6, 6.07) is 9.69. The van der Waals surface area contributed by atoms with E-state index in [-0.39, 0.29) is 23.5 Å². The number of benzene rings is 1. The summed E-state index contributed by atoms with van der Waals surface area (Å²) >= 11 is 1.45. The van der Waals surface area contributed by atoms with Crippen LogP contribution in [0, 0.1) is 13.8 Å². The monoisotopic (exact) mass is 472 g/mol. The van der Waals surface area contributed by atoms with E-state index in [0.717, 1.165) is 10.8 Å². The number of hydrogen-bond acceptors (Lipinski definition) is 7. The molecule has 0 amide bonds. The molecule has 0 N–H and O–H groups in total. The Kier molecular flexibility index (Phi) is 6.05. The molecule has 0 bridgehead atoms. The maximum absolute atomic E-state index is 13.4. The zero-order valence-corrected chi connectivity index (χ0v) is 19.5. The van der Waals surface area contributed by atoms with Gasteiger partial charge in [-0.3, -0.25) is 14.2 Å². The molecular formula is C23H24N2O5S2. The average Bonchev–Trinajstić information content (AvgIpc) is 3.53. The van der Waals surface area contributed by atoms with E-state index >= 15 is 0 Å². The van der Waals surface area contributed by atoms with E-state index in [9.17, 15) is 18.0 Å². The Morgan fingerprint density at radius 3 is 2.47 bits per heavy atom. The second-order valence-corrected chi connectivity index (χ2v) is 11.1. The lowest BCUT2D eigenvalue weighted by Gasteiger charge is -2.26. The maximum atomic E-state index is 13.4. The van der Waals surface area contributed by atoms with Crippen LogP contribution in [0.5, 0.6) is 0 Å². The van der Waals surface area contributed by atoms with Gasteiger partial charge in [0.25, 0.3) is 0 Å². The van der Waals surface area contributed by atoms with Crippen molar-refractivity contribution in [3.05, 3.63) is 64.9 Å². The van der Waals surface area contributed by atoms with Crippen molar-refractivity contribution in [1.82, 2.24) is 9.55 Å². The first-order valence-electron chi connectivity index (χ1n) is 10.4. The maximum Gasteiger partial charge on any atom is 0.328 e. The highest BCUT2D eigenvalue weighted by molar-refractivity contribution is 7.93. The first-order chi connectivity index (χ1) is 15.3. The molecule has 0 aliphatic heterocycles. The number of esters is 1. The molecule has 1 aliphatic rings. The summed E-state index contributed by atoms with van der Waals surface area (Å²) < 4.78 is 32.3. The minimum Gasteiger partial charge on any atom is -0.456 e. The summed E-state index contributed by atoms with van der Waals surface area (Å²) in [7, 11) is -3.95. The highest BCUT2D eigenvalue weighted by Gasteiger charge is 2.54. The Hall–Kier alpha value is -2.78. The molecule has 3 aromatic rings. The molecule has 0 unspecified atom stereocenters. The summed E-state index contributed by atoms with van der Waals surface area (Å²) in [6.45, 7) is 3.17. The molecule has 1 aromatic carbocycles. The van der Waals surface area contributed by atoms with Crippen molar-refractivity contribution in [3.8, 4) is 5.13 Å². The van der Waals surface area contributed by atoms with Gasteiger partial charge in [0.05, 0.1) is 4.90 Å². The fourth-order valence-corrected chi connectivity index (χ4v) is 7.18. The molecule has 32 heavy (non-hydrogen) atoms. The normalized spacial score (nSPS) is 15.6. The van der Waals surface area contributed by atoms with Crippen molar-refractivity contribution < 1.29 is 22.7 Å². The second-order valence-electron chi connectivity index (χ2n) is 7.95. The summed E-state index contributed by atoms with van der Waals surface area (Å²) in [5, 5.41) is 2.60. The number of ketones is 1.